The summed E-state index contributed by atoms with van der Waals surface area (Å²) < 4.78 is 1.71. The van der Waals surface area contributed by atoms with Gasteiger partial charge in [-0.15, -0.1) is 0 Å². The van der Waals surface area contributed by atoms with E-state index >= 15 is 0 Å². The van der Waals surface area contributed by atoms with E-state index in [1.807, 2.05) is 39.8 Å². The lowest BCUT2D eigenvalue weighted by molar-refractivity contribution is 0.685. The molecule has 0 radical (unpaired) electrons. The van der Waals surface area contributed by atoms with Crippen LogP contribution in [0.2, 0.25) is 0 Å². The van der Waals surface area contributed by atoms with Crippen molar-refractivity contribution in [3.63, 3.8) is 0 Å². The quantitative estimate of drug-likeness (QED) is 0.733. The number of hydrogen-bond donors (Lipinski definition) is 0. The first-order valence-electron chi connectivity index (χ1n) is 5.53. The fourth-order valence-electron chi connectivity index (χ4n) is 2.20. The van der Waals surface area contributed by atoms with Crippen molar-refractivity contribution in [2.45, 2.75) is 34.2 Å². The number of fused-ring (bicyclic) bond motifs is 1. The molecule has 84 valence electrons. The van der Waals surface area contributed by atoms with Gasteiger partial charge in [0.2, 0.25) is 0 Å². The molecule has 2 rings (SSSR count). The summed E-state index contributed by atoms with van der Waals surface area (Å²) in [5.41, 5.74) is 3.03. The topological polar surface area (TPSA) is 34.9 Å². The third kappa shape index (κ3) is 1.52. The average Bonchev–Trinajstić information content (AvgIpc) is 2.15. The maximum Gasteiger partial charge on any atom is 0.261 e. The molecule has 0 saturated heterocycles. The smallest absolute Gasteiger partial charge is 0.261 e. The first-order valence-corrected chi connectivity index (χ1v) is 5.53. The lowest BCUT2D eigenvalue weighted by Gasteiger charge is -2.10. The molecule has 0 aliphatic carbocycles. The van der Waals surface area contributed by atoms with Crippen LogP contribution in [0.1, 0.15) is 23.9 Å². The van der Waals surface area contributed by atoms with Crippen LogP contribution in [-0.4, -0.2) is 9.55 Å². The first kappa shape index (κ1) is 10.9. The minimum Gasteiger partial charge on any atom is -0.297 e. The van der Waals surface area contributed by atoms with E-state index in [1.54, 1.807) is 4.57 Å². The van der Waals surface area contributed by atoms with E-state index in [9.17, 15) is 4.79 Å². The zero-order chi connectivity index (χ0) is 11.9. The number of nitrogens with zero attached hydrogens (tertiary/aromatic N) is 2. The molecule has 16 heavy (non-hydrogen) atoms. The third-order valence-electron chi connectivity index (χ3n) is 2.91. The standard InChI is InChI=1S/C13H16N2O/c1-5-15-10(4)14-11-7-8(2)6-9(3)12(11)13(15)16/h6-7H,5H2,1-4H3. The van der Waals surface area contributed by atoms with Gasteiger partial charge in [0, 0.05) is 6.54 Å². The van der Waals surface area contributed by atoms with Gasteiger partial charge >= 0.3 is 0 Å². The van der Waals surface area contributed by atoms with Crippen molar-refractivity contribution in [1.29, 1.82) is 0 Å². The highest BCUT2D eigenvalue weighted by atomic mass is 16.1. The lowest BCUT2D eigenvalue weighted by atomic mass is 10.1. The maximum absolute atomic E-state index is 12.2. The van der Waals surface area contributed by atoms with Gasteiger partial charge in [0.15, 0.2) is 0 Å². The molecule has 0 N–H and O–H groups in total. The molecule has 3 heteroatoms. The predicted octanol–water partition coefficient (Wildman–Crippen LogP) is 2.34. The Balaban J connectivity index is 2.99. The second-order valence-electron chi connectivity index (χ2n) is 4.18. The fraction of sp³-hybridized carbons (Fsp3) is 0.385. The molecule has 0 saturated carbocycles. The van der Waals surface area contributed by atoms with Crippen LogP contribution < -0.4 is 5.56 Å². The van der Waals surface area contributed by atoms with Gasteiger partial charge in [0.05, 0.1) is 10.9 Å². The molecular formula is C13H16N2O. The van der Waals surface area contributed by atoms with Crippen LogP contribution in [0, 0.1) is 20.8 Å². The Kier molecular flexibility index (Phi) is 2.54. The van der Waals surface area contributed by atoms with Gasteiger partial charge in [-0.2, -0.15) is 0 Å². The van der Waals surface area contributed by atoms with E-state index in [0.717, 1.165) is 27.9 Å². The highest BCUT2D eigenvalue weighted by Crippen LogP contribution is 2.15. The van der Waals surface area contributed by atoms with Gasteiger partial charge in [-0.1, -0.05) is 6.07 Å². The summed E-state index contributed by atoms with van der Waals surface area (Å²) in [6, 6.07) is 4.00. The summed E-state index contributed by atoms with van der Waals surface area (Å²) in [4.78, 5) is 16.7. The van der Waals surface area contributed by atoms with Crippen molar-refractivity contribution in [3.05, 3.63) is 39.4 Å². The third-order valence-corrected chi connectivity index (χ3v) is 2.91. The minimum absolute atomic E-state index is 0.0718. The molecule has 1 aromatic heterocycles. The summed E-state index contributed by atoms with van der Waals surface area (Å²) in [7, 11) is 0. The second-order valence-corrected chi connectivity index (χ2v) is 4.18. The maximum atomic E-state index is 12.2. The number of aryl methyl sites for hydroxylation is 3. The van der Waals surface area contributed by atoms with Gasteiger partial charge in [-0.3, -0.25) is 9.36 Å². The molecule has 0 fully saturated rings. The van der Waals surface area contributed by atoms with E-state index < -0.39 is 0 Å². The van der Waals surface area contributed by atoms with Crippen LogP contribution in [0.3, 0.4) is 0 Å². The molecule has 0 spiro atoms. The largest absolute Gasteiger partial charge is 0.297 e. The Morgan fingerprint density at radius 3 is 2.56 bits per heavy atom. The van der Waals surface area contributed by atoms with Crippen molar-refractivity contribution < 1.29 is 0 Å². The summed E-state index contributed by atoms with van der Waals surface area (Å²) in [6.45, 7) is 8.50. The van der Waals surface area contributed by atoms with Crippen LogP contribution in [-0.2, 0) is 6.54 Å². The Morgan fingerprint density at radius 2 is 1.94 bits per heavy atom. The first-order chi connectivity index (χ1) is 7.54. The number of benzene rings is 1. The normalized spacial score (nSPS) is 11.0. The van der Waals surface area contributed by atoms with Gasteiger partial charge in [-0.05, 0) is 44.9 Å². The monoisotopic (exact) mass is 216 g/mol. The zero-order valence-corrected chi connectivity index (χ0v) is 10.2. The Hall–Kier alpha value is -1.64. The van der Waals surface area contributed by atoms with Gasteiger partial charge in [-0.25, -0.2) is 4.98 Å². The van der Waals surface area contributed by atoms with Crippen molar-refractivity contribution in [2.24, 2.45) is 0 Å². The molecule has 0 aliphatic heterocycles. The van der Waals surface area contributed by atoms with Crippen molar-refractivity contribution in [3.8, 4) is 0 Å². The molecule has 3 nitrogen and oxygen atoms in total. The van der Waals surface area contributed by atoms with E-state index in [4.69, 9.17) is 0 Å². The highest BCUT2D eigenvalue weighted by molar-refractivity contribution is 5.81. The molecule has 0 atom stereocenters. The van der Waals surface area contributed by atoms with Gasteiger partial charge < -0.3 is 0 Å². The lowest BCUT2D eigenvalue weighted by Crippen LogP contribution is -2.23. The van der Waals surface area contributed by atoms with Crippen LogP contribution in [0.15, 0.2) is 16.9 Å². The van der Waals surface area contributed by atoms with E-state index in [-0.39, 0.29) is 5.56 Å². The predicted molar refractivity (Wildman–Crippen MR) is 65.9 cm³/mol. The number of rotatable bonds is 1. The van der Waals surface area contributed by atoms with Crippen LogP contribution >= 0.6 is 0 Å². The Labute approximate surface area is 94.7 Å². The Bertz CT molecular complexity index is 611. The summed E-state index contributed by atoms with van der Waals surface area (Å²) in [5.74, 6) is 0.782. The van der Waals surface area contributed by atoms with Crippen LogP contribution in [0.25, 0.3) is 10.9 Å². The van der Waals surface area contributed by atoms with Gasteiger partial charge in [0.25, 0.3) is 5.56 Å². The zero-order valence-electron chi connectivity index (χ0n) is 10.2. The molecule has 1 aromatic carbocycles. The van der Waals surface area contributed by atoms with Gasteiger partial charge in [0.1, 0.15) is 5.82 Å². The minimum atomic E-state index is 0.0718. The van der Waals surface area contributed by atoms with E-state index in [1.165, 1.54) is 0 Å². The van der Waals surface area contributed by atoms with Crippen LogP contribution in [0.4, 0.5) is 0 Å². The molecular weight excluding hydrogens is 200 g/mol. The molecule has 1 heterocycles. The van der Waals surface area contributed by atoms with Crippen LogP contribution in [0.5, 0.6) is 0 Å². The number of aromatic nitrogens is 2. The summed E-state index contributed by atoms with van der Waals surface area (Å²) in [5, 5.41) is 0.748. The summed E-state index contributed by atoms with van der Waals surface area (Å²) >= 11 is 0. The van der Waals surface area contributed by atoms with E-state index in [0.29, 0.717) is 6.54 Å². The molecule has 0 bridgehead atoms. The molecule has 0 unspecified atom stereocenters. The van der Waals surface area contributed by atoms with Crippen molar-refractivity contribution in [2.75, 3.05) is 0 Å². The second kappa shape index (κ2) is 3.74. The Morgan fingerprint density at radius 1 is 1.25 bits per heavy atom. The van der Waals surface area contributed by atoms with Crippen molar-refractivity contribution >= 4 is 10.9 Å². The highest BCUT2D eigenvalue weighted by Gasteiger charge is 2.09. The molecule has 2 aromatic rings. The number of hydrogen-bond acceptors (Lipinski definition) is 2. The summed E-state index contributed by atoms with van der Waals surface area (Å²) in [6.07, 6.45) is 0. The SMILES string of the molecule is CCn1c(C)nc2cc(C)cc(C)c2c1=O. The molecule has 0 amide bonds. The average molecular weight is 216 g/mol. The van der Waals surface area contributed by atoms with E-state index in [2.05, 4.69) is 4.98 Å². The molecule has 0 aliphatic rings. The fourth-order valence-corrected chi connectivity index (χ4v) is 2.20. The van der Waals surface area contributed by atoms with Crippen molar-refractivity contribution in [1.82, 2.24) is 9.55 Å².